The molecular weight excluding hydrogens is 372 g/mol. The minimum atomic E-state index is -0.588. The lowest BCUT2D eigenvalue weighted by molar-refractivity contribution is -0.122. The number of nitrogens with one attached hydrogen (secondary N) is 1. The monoisotopic (exact) mass is 398 g/mol. The third-order valence-electron chi connectivity index (χ3n) is 4.88. The molecule has 28 heavy (non-hydrogen) atoms. The first kappa shape index (κ1) is 20.1. The molecule has 1 heterocycles. The predicted octanol–water partition coefficient (Wildman–Crippen LogP) is 5.06. The summed E-state index contributed by atoms with van der Waals surface area (Å²) in [6, 6.07) is 11.5. The summed E-state index contributed by atoms with van der Waals surface area (Å²) in [5.74, 6) is 0.531. The topological polar surface area (TPSA) is 60.3 Å². The third kappa shape index (κ3) is 3.97. The van der Waals surface area contributed by atoms with Gasteiger partial charge in [0.05, 0.1) is 10.2 Å². The van der Waals surface area contributed by atoms with Gasteiger partial charge in [0.25, 0.3) is 5.91 Å². The van der Waals surface area contributed by atoms with Crippen molar-refractivity contribution < 1.29 is 9.53 Å². The molecule has 0 spiro atoms. The number of anilines is 1. The number of hydrogen-bond acceptors (Lipinski definition) is 4. The maximum Gasteiger partial charge on any atom is 0.308 e. The highest BCUT2D eigenvalue weighted by atomic mass is 32.1. The molecule has 148 valence electrons. The second kappa shape index (κ2) is 8.19. The number of aromatic nitrogens is 1. The molecule has 1 unspecified atom stereocenters. The van der Waals surface area contributed by atoms with Gasteiger partial charge in [-0.3, -0.25) is 14.2 Å². The van der Waals surface area contributed by atoms with Gasteiger partial charge in [0, 0.05) is 11.7 Å². The quantitative estimate of drug-likeness (QED) is 0.631. The molecule has 0 aliphatic carbocycles. The number of benzene rings is 2. The SMILES string of the molecule is CCC(Oc1cccc(C)c1C)C(=O)Nc1ccc2c(c1)sc(=O)n2C(C)C. The number of amides is 1. The van der Waals surface area contributed by atoms with Crippen LogP contribution in [0.4, 0.5) is 5.69 Å². The van der Waals surface area contributed by atoms with Crippen LogP contribution in [0.5, 0.6) is 5.75 Å². The highest BCUT2D eigenvalue weighted by molar-refractivity contribution is 7.16. The van der Waals surface area contributed by atoms with E-state index in [2.05, 4.69) is 5.32 Å². The summed E-state index contributed by atoms with van der Waals surface area (Å²) in [4.78, 5) is 25.0. The number of thiazole rings is 1. The van der Waals surface area contributed by atoms with Crippen LogP contribution in [0.15, 0.2) is 41.2 Å². The fourth-order valence-electron chi connectivity index (χ4n) is 3.15. The maximum atomic E-state index is 12.8. The Kier molecular flexibility index (Phi) is 5.89. The number of aryl methyl sites for hydroxylation is 1. The predicted molar refractivity (Wildman–Crippen MR) is 116 cm³/mol. The third-order valence-corrected chi connectivity index (χ3v) is 5.80. The summed E-state index contributed by atoms with van der Waals surface area (Å²) >= 11 is 1.19. The van der Waals surface area contributed by atoms with E-state index in [1.165, 1.54) is 11.3 Å². The molecular formula is C22H26N2O3S. The minimum absolute atomic E-state index is 0.0122. The largest absolute Gasteiger partial charge is 0.480 e. The second-order valence-corrected chi connectivity index (χ2v) is 8.21. The van der Waals surface area contributed by atoms with Crippen LogP contribution in [0.3, 0.4) is 0 Å². The molecule has 0 saturated carbocycles. The number of nitrogens with zero attached hydrogens (tertiary/aromatic N) is 1. The van der Waals surface area contributed by atoms with Gasteiger partial charge >= 0.3 is 4.87 Å². The molecule has 0 radical (unpaired) electrons. The normalized spacial score (nSPS) is 12.4. The van der Waals surface area contributed by atoms with E-state index in [4.69, 9.17) is 4.74 Å². The molecule has 1 amide bonds. The van der Waals surface area contributed by atoms with Gasteiger partial charge in [0.1, 0.15) is 5.75 Å². The van der Waals surface area contributed by atoms with Crippen molar-refractivity contribution in [2.75, 3.05) is 5.32 Å². The van der Waals surface area contributed by atoms with E-state index < -0.39 is 6.10 Å². The van der Waals surface area contributed by atoms with Gasteiger partial charge in [-0.2, -0.15) is 0 Å². The van der Waals surface area contributed by atoms with Crippen LogP contribution in [0.25, 0.3) is 10.2 Å². The van der Waals surface area contributed by atoms with Gasteiger partial charge < -0.3 is 10.1 Å². The van der Waals surface area contributed by atoms with Crippen LogP contribution in [-0.4, -0.2) is 16.6 Å². The van der Waals surface area contributed by atoms with Crippen LogP contribution >= 0.6 is 11.3 Å². The first-order chi connectivity index (χ1) is 13.3. The molecule has 2 aromatic carbocycles. The van der Waals surface area contributed by atoms with Crippen LogP contribution in [0, 0.1) is 13.8 Å². The molecule has 1 N–H and O–H groups in total. The van der Waals surface area contributed by atoms with Crippen molar-refractivity contribution in [2.24, 2.45) is 0 Å². The van der Waals surface area contributed by atoms with Gasteiger partial charge in [-0.1, -0.05) is 30.4 Å². The number of carbonyl (C=O) groups is 1. The van der Waals surface area contributed by atoms with Crippen molar-refractivity contribution in [3.05, 3.63) is 57.2 Å². The van der Waals surface area contributed by atoms with Crippen molar-refractivity contribution in [1.29, 1.82) is 0 Å². The van der Waals surface area contributed by atoms with E-state index in [1.807, 2.05) is 71.0 Å². The highest BCUT2D eigenvalue weighted by Crippen LogP contribution is 2.25. The average Bonchev–Trinajstić information content (AvgIpc) is 2.97. The lowest BCUT2D eigenvalue weighted by Crippen LogP contribution is -2.32. The average molecular weight is 399 g/mol. The fraction of sp³-hybridized carbons (Fsp3) is 0.364. The molecule has 0 bridgehead atoms. The maximum absolute atomic E-state index is 12.8. The van der Waals surface area contributed by atoms with Crippen LogP contribution in [0.1, 0.15) is 44.4 Å². The molecule has 1 atom stereocenters. The first-order valence-electron chi connectivity index (χ1n) is 9.50. The van der Waals surface area contributed by atoms with E-state index in [-0.39, 0.29) is 16.8 Å². The number of rotatable bonds is 6. The van der Waals surface area contributed by atoms with E-state index in [9.17, 15) is 9.59 Å². The van der Waals surface area contributed by atoms with Crippen molar-refractivity contribution in [1.82, 2.24) is 4.57 Å². The summed E-state index contributed by atoms with van der Waals surface area (Å²) in [5, 5.41) is 2.93. The molecule has 3 aromatic rings. The van der Waals surface area contributed by atoms with Gasteiger partial charge in [-0.05, 0) is 69.5 Å². The zero-order valence-electron chi connectivity index (χ0n) is 16.9. The molecule has 5 nitrogen and oxygen atoms in total. The van der Waals surface area contributed by atoms with Gasteiger partial charge in [0.15, 0.2) is 6.10 Å². The Labute approximate surface area is 169 Å². The second-order valence-electron chi connectivity index (χ2n) is 7.22. The first-order valence-corrected chi connectivity index (χ1v) is 10.3. The van der Waals surface area contributed by atoms with E-state index >= 15 is 0 Å². The number of ether oxygens (including phenoxy) is 1. The molecule has 0 aliphatic heterocycles. The Morgan fingerprint density at radius 3 is 2.64 bits per heavy atom. The van der Waals surface area contributed by atoms with E-state index in [0.717, 1.165) is 27.1 Å². The molecule has 1 aromatic heterocycles. The van der Waals surface area contributed by atoms with Crippen LogP contribution in [0.2, 0.25) is 0 Å². The summed E-state index contributed by atoms with van der Waals surface area (Å²) in [6.45, 7) is 9.91. The standard InChI is InChI=1S/C22H26N2O3S/c1-6-18(27-19-9-7-8-14(4)15(19)5)21(25)23-16-10-11-17-20(12-16)28-22(26)24(17)13(2)3/h7-13,18H,6H2,1-5H3,(H,23,25). The number of carbonyl (C=O) groups excluding carboxylic acids is 1. The van der Waals surface area contributed by atoms with Crippen molar-refractivity contribution >= 4 is 33.1 Å². The molecule has 0 aliphatic rings. The Morgan fingerprint density at radius 2 is 1.96 bits per heavy atom. The lowest BCUT2D eigenvalue weighted by atomic mass is 10.1. The number of fused-ring (bicyclic) bond motifs is 1. The minimum Gasteiger partial charge on any atom is -0.480 e. The number of hydrogen-bond donors (Lipinski definition) is 1. The van der Waals surface area contributed by atoms with Gasteiger partial charge in [-0.25, -0.2) is 0 Å². The van der Waals surface area contributed by atoms with Crippen LogP contribution < -0.4 is 14.9 Å². The summed E-state index contributed by atoms with van der Waals surface area (Å²) < 4.78 is 8.62. The van der Waals surface area contributed by atoms with E-state index in [1.54, 1.807) is 4.57 Å². The Morgan fingerprint density at radius 1 is 1.21 bits per heavy atom. The van der Waals surface area contributed by atoms with Crippen molar-refractivity contribution in [3.8, 4) is 5.75 Å². The molecule has 0 saturated heterocycles. The fourth-order valence-corrected chi connectivity index (χ4v) is 4.21. The van der Waals surface area contributed by atoms with Crippen molar-refractivity contribution in [3.63, 3.8) is 0 Å². The summed E-state index contributed by atoms with van der Waals surface area (Å²) in [5.41, 5.74) is 3.72. The Balaban J connectivity index is 1.80. The molecule has 6 heteroatoms. The zero-order chi connectivity index (χ0) is 20.4. The van der Waals surface area contributed by atoms with Gasteiger partial charge in [0.2, 0.25) is 0 Å². The molecule has 3 rings (SSSR count). The van der Waals surface area contributed by atoms with Crippen molar-refractivity contribution in [2.45, 2.75) is 53.2 Å². The summed E-state index contributed by atoms with van der Waals surface area (Å²) in [6.07, 6.45) is -0.0337. The summed E-state index contributed by atoms with van der Waals surface area (Å²) in [7, 11) is 0. The lowest BCUT2D eigenvalue weighted by Gasteiger charge is -2.19. The molecule has 0 fully saturated rings. The smallest absolute Gasteiger partial charge is 0.308 e. The Hall–Kier alpha value is -2.60. The zero-order valence-corrected chi connectivity index (χ0v) is 17.7. The Bertz CT molecular complexity index is 1070. The van der Waals surface area contributed by atoms with Crippen LogP contribution in [-0.2, 0) is 4.79 Å². The van der Waals surface area contributed by atoms with Gasteiger partial charge in [-0.15, -0.1) is 0 Å². The van der Waals surface area contributed by atoms with E-state index in [0.29, 0.717) is 12.1 Å². The highest BCUT2D eigenvalue weighted by Gasteiger charge is 2.20.